The van der Waals surface area contributed by atoms with E-state index in [0.717, 1.165) is 22.5 Å². The number of aromatic nitrogens is 2. The number of hydrogen-bond acceptors (Lipinski definition) is 5. The van der Waals surface area contributed by atoms with Crippen LogP contribution in [0.15, 0.2) is 48.5 Å². The van der Waals surface area contributed by atoms with Gasteiger partial charge in [-0.3, -0.25) is 4.79 Å². The zero-order chi connectivity index (χ0) is 18.5. The van der Waals surface area contributed by atoms with Gasteiger partial charge in [0.2, 0.25) is 5.01 Å². The molecule has 0 aliphatic heterocycles. The van der Waals surface area contributed by atoms with Crippen molar-refractivity contribution in [1.29, 1.82) is 5.26 Å². The first-order valence-corrected chi connectivity index (χ1v) is 8.84. The first-order valence-electron chi connectivity index (χ1n) is 7.64. The molecule has 0 spiro atoms. The summed E-state index contributed by atoms with van der Waals surface area (Å²) < 4.78 is 0. The van der Waals surface area contributed by atoms with Crippen LogP contribution in [0, 0.1) is 18.3 Å². The lowest BCUT2D eigenvalue weighted by molar-refractivity contribution is 0.102. The van der Waals surface area contributed by atoms with Crippen LogP contribution in [0.2, 0.25) is 0 Å². The Morgan fingerprint density at radius 3 is 2.65 bits per heavy atom. The molecule has 7 heteroatoms. The number of rotatable bonds is 4. The molecular formula is C19H13ClN4OS. The van der Waals surface area contributed by atoms with Crippen LogP contribution in [-0.2, 0) is 0 Å². The van der Waals surface area contributed by atoms with Gasteiger partial charge >= 0.3 is 0 Å². The standard InChI is InChI=1S/C19H13ClN4OS/c1-12-5-7-15(8-6-12)22-17(25)19-24-23-18(26-19)16(20)10-13-3-2-4-14(9-13)11-21/h2-10H,1H3,(H,22,25)/b16-10-. The van der Waals surface area contributed by atoms with Crippen molar-refractivity contribution >= 4 is 45.6 Å². The second-order valence-electron chi connectivity index (χ2n) is 5.46. The van der Waals surface area contributed by atoms with Crippen LogP contribution in [0.3, 0.4) is 0 Å². The first kappa shape index (κ1) is 17.8. The number of benzene rings is 2. The molecule has 1 amide bonds. The molecule has 1 aromatic heterocycles. The number of carbonyl (C=O) groups excluding carboxylic acids is 1. The van der Waals surface area contributed by atoms with Crippen LogP contribution in [0.4, 0.5) is 5.69 Å². The number of amides is 1. The van der Waals surface area contributed by atoms with Crippen molar-refractivity contribution in [3.05, 3.63) is 75.2 Å². The summed E-state index contributed by atoms with van der Waals surface area (Å²) >= 11 is 7.39. The second kappa shape index (κ2) is 7.91. The Labute approximate surface area is 159 Å². The van der Waals surface area contributed by atoms with E-state index in [1.165, 1.54) is 0 Å². The predicted octanol–water partition coefficient (Wildman–Crippen LogP) is 4.71. The Morgan fingerprint density at radius 1 is 1.19 bits per heavy atom. The summed E-state index contributed by atoms with van der Waals surface area (Å²) in [5.41, 5.74) is 3.11. The molecule has 3 aromatic rings. The molecule has 2 aromatic carbocycles. The molecule has 0 aliphatic carbocycles. The van der Waals surface area contributed by atoms with Crippen molar-refractivity contribution in [2.45, 2.75) is 6.92 Å². The van der Waals surface area contributed by atoms with Crippen molar-refractivity contribution in [2.75, 3.05) is 5.32 Å². The van der Waals surface area contributed by atoms with Gasteiger partial charge in [0.05, 0.1) is 16.7 Å². The highest BCUT2D eigenvalue weighted by Crippen LogP contribution is 2.26. The number of aryl methyl sites for hydroxylation is 1. The van der Waals surface area contributed by atoms with E-state index in [4.69, 9.17) is 16.9 Å². The van der Waals surface area contributed by atoms with Crippen LogP contribution >= 0.6 is 22.9 Å². The van der Waals surface area contributed by atoms with Crippen LogP contribution in [0.1, 0.15) is 31.5 Å². The normalized spacial score (nSPS) is 11.0. The molecule has 0 saturated heterocycles. The van der Waals surface area contributed by atoms with Crippen molar-refractivity contribution in [2.24, 2.45) is 0 Å². The van der Waals surface area contributed by atoms with Crippen LogP contribution in [0.5, 0.6) is 0 Å². The summed E-state index contributed by atoms with van der Waals surface area (Å²) in [7, 11) is 0. The summed E-state index contributed by atoms with van der Waals surface area (Å²) in [6, 6.07) is 16.6. The quantitative estimate of drug-likeness (QED) is 0.711. The van der Waals surface area contributed by atoms with Crippen LogP contribution < -0.4 is 5.32 Å². The third-order valence-corrected chi connectivity index (χ3v) is 4.80. The minimum Gasteiger partial charge on any atom is -0.320 e. The highest BCUT2D eigenvalue weighted by Gasteiger charge is 2.14. The highest BCUT2D eigenvalue weighted by atomic mass is 35.5. The monoisotopic (exact) mass is 380 g/mol. The summed E-state index contributed by atoms with van der Waals surface area (Å²) in [6.45, 7) is 1.98. The summed E-state index contributed by atoms with van der Waals surface area (Å²) in [6.07, 6.45) is 1.69. The minimum absolute atomic E-state index is 0.220. The SMILES string of the molecule is Cc1ccc(NC(=O)c2nnc(/C(Cl)=C/c3cccc(C#N)c3)s2)cc1. The molecule has 0 aliphatic rings. The fourth-order valence-corrected chi connectivity index (χ4v) is 3.07. The van der Waals surface area contributed by atoms with Crippen LogP contribution in [0.25, 0.3) is 11.1 Å². The summed E-state index contributed by atoms with van der Waals surface area (Å²) in [5, 5.41) is 20.6. The molecular weight excluding hydrogens is 368 g/mol. The Hall–Kier alpha value is -3.01. The Bertz CT molecular complexity index is 1020. The van der Waals surface area contributed by atoms with E-state index in [9.17, 15) is 4.79 Å². The number of halogens is 1. The van der Waals surface area contributed by atoms with Gasteiger partial charge in [-0.1, -0.05) is 52.8 Å². The van der Waals surface area contributed by atoms with Crippen molar-refractivity contribution in [3.63, 3.8) is 0 Å². The highest BCUT2D eigenvalue weighted by molar-refractivity contribution is 7.15. The van der Waals surface area contributed by atoms with Gasteiger partial charge in [0.15, 0.2) is 5.01 Å². The van der Waals surface area contributed by atoms with Gasteiger partial charge in [-0.15, -0.1) is 10.2 Å². The number of anilines is 1. The third-order valence-electron chi connectivity index (χ3n) is 3.44. The Balaban J connectivity index is 1.76. The minimum atomic E-state index is -0.339. The molecule has 0 fully saturated rings. The van der Waals surface area contributed by atoms with Gasteiger partial charge in [0.1, 0.15) is 0 Å². The van der Waals surface area contributed by atoms with E-state index in [-0.39, 0.29) is 10.9 Å². The van der Waals surface area contributed by atoms with Gasteiger partial charge in [0.25, 0.3) is 5.91 Å². The molecule has 0 unspecified atom stereocenters. The van der Waals surface area contributed by atoms with E-state index in [2.05, 4.69) is 21.6 Å². The lowest BCUT2D eigenvalue weighted by Crippen LogP contribution is -2.11. The summed E-state index contributed by atoms with van der Waals surface area (Å²) in [5.74, 6) is -0.339. The van der Waals surface area contributed by atoms with Gasteiger partial charge in [-0.25, -0.2) is 0 Å². The van der Waals surface area contributed by atoms with Crippen molar-refractivity contribution < 1.29 is 4.79 Å². The zero-order valence-electron chi connectivity index (χ0n) is 13.7. The fraction of sp³-hybridized carbons (Fsp3) is 0.0526. The molecule has 5 nitrogen and oxygen atoms in total. The molecule has 3 rings (SSSR count). The summed E-state index contributed by atoms with van der Waals surface area (Å²) in [4.78, 5) is 12.3. The molecule has 0 atom stereocenters. The first-order chi connectivity index (χ1) is 12.5. The largest absolute Gasteiger partial charge is 0.320 e. The van der Waals surface area contributed by atoms with E-state index in [1.807, 2.05) is 37.3 Å². The topological polar surface area (TPSA) is 78.7 Å². The van der Waals surface area contributed by atoms with E-state index in [1.54, 1.807) is 24.3 Å². The number of carbonyl (C=O) groups is 1. The van der Waals surface area contributed by atoms with E-state index >= 15 is 0 Å². The van der Waals surface area contributed by atoms with E-state index in [0.29, 0.717) is 21.3 Å². The van der Waals surface area contributed by atoms with Gasteiger partial charge in [-0.2, -0.15) is 5.26 Å². The maximum atomic E-state index is 12.3. The number of nitrogens with zero attached hydrogens (tertiary/aromatic N) is 3. The average molecular weight is 381 g/mol. The Kier molecular flexibility index (Phi) is 5.42. The number of nitriles is 1. The van der Waals surface area contributed by atoms with Gasteiger partial charge < -0.3 is 5.32 Å². The van der Waals surface area contributed by atoms with Gasteiger partial charge in [0, 0.05) is 5.69 Å². The molecule has 26 heavy (non-hydrogen) atoms. The zero-order valence-corrected chi connectivity index (χ0v) is 15.3. The predicted molar refractivity (Wildman–Crippen MR) is 104 cm³/mol. The molecule has 0 bridgehead atoms. The maximum Gasteiger partial charge on any atom is 0.286 e. The van der Waals surface area contributed by atoms with E-state index < -0.39 is 0 Å². The smallest absolute Gasteiger partial charge is 0.286 e. The van der Waals surface area contributed by atoms with Crippen molar-refractivity contribution in [3.8, 4) is 6.07 Å². The fourth-order valence-electron chi connectivity index (χ4n) is 2.14. The van der Waals surface area contributed by atoms with Gasteiger partial charge in [-0.05, 0) is 42.8 Å². The average Bonchev–Trinajstić information content (AvgIpc) is 3.14. The third kappa shape index (κ3) is 4.33. The van der Waals surface area contributed by atoms with Crippen molar-refractivity contribution in [1.82, 2.24) is 10.2 Å². The molecule has 0 saturated carbocycles. The molecule has 128 valence electrons. The maximum absolute atomic E-state index is 12.3. The number of nitrogens with one attached hydrogen (secondary N) is 1. The second-order valence-corrected chi connectivity index (χ2v) is 6.85. The number of hydrogen-bond donors (Lipinski definition) is 1. The lowest BCUT2D eigenvalue weighted by Gasteiger charge is -2.02. The molecule has 1 N–H and O–H groups in total. The van der Waals surface area contributed by atoms with Crippen LogP contribution in [-0.4, -0.2) is 16.1 Å². The Morgan fingerprint density at radius 2 is 1.92 bits per heavy atom. The molecule has 1 heterocycles. The molecule has 0 radical (unpaired) electrons. The lowest BCUT2D eigenvalue weighted by atomic mass is 10.1.